The summed E-state index contributed by atoms with van der Waals surface area (Å²) in [7, 11) is 0. The molecule has 0 aromatic heterocycles. The fourth-order valence-electron chi connectivity index (χ4n) is 4.68. The number of nitrogens with zero attached hydrogens (tertiary/aromatic N) is 3. The van der Waals surface area contributed by atoms with Gasteiger partial charge in [0.25, 0.3) is 0 Å². The van der Waals surface area contributed by atoms with Gasteiger partial charge in [-0.15, -0.1) is 0 Å². The van der Waals surface area contributed by atoms with Crippen LogP contribution in [0, 0.1) is 0 Å². The summed E-state index contributed by atoms with van der Waals surface area (Å²) in [5, 5.41) is 8.12. The van der Waals surface area contributed by atoms with Crippen molar-refractivity contribution in [2.45, 2.75) is 45.6 Å². The first kappa shape index (κ1) is 25.8. The van der Waals surface area contributed by atoms with Crippen LogP contribution >= 0.6 is 11.6 Å². The molecule has 1 amide bonds. The van der Waals surface area contributed by atoms with Crippen molar-refractivity contribution in [1.29, 1.82) is 0 Å². The number of rotatable bonds is 8. The lowest BCUT2D eigenvalue weighted by atomic mass is 9.99. The Bertz CT molecular complexity index is 1370. The van der Waals surface area contributed by atoms with Gasteiger partial charge in [-0.1, -0.05) is 48.0 Å². The average molecular weight is 531 g/mol. The summed E-state index contributed by atoms with van der Waals surface area (Å²) >= 11 is 6.20. The molecule has 2 heterocycles. The van der Waals surface area contributed by atoms with E-state index in [1.54, 1.807) is 0 Å². The number of hydrazone groups is 1. The van der Waals surface area contributed by atoms with Crippen molar-refractivity contribution >= 4 is 34.7 Å². The molecular formula is C29H31ClN6O2. The van der Waals surface area contributed by atoms with Crippen molar-refractivity contribution in [3.8, 4) is 5.75 Å². The van der Waals surface area contributed by atoms with Crippen molar-refractivity contribution in [2.75, 3.05) is 11.4 Å². The minimum atomic E-state index is -0.470. The maximum atomic E-state index is 12.6. The Hall–Kier alpha value is -3.88. The molecule has 0 saturated carbocycles. The van der Waals surface area contributed by atoms with Crippen LogP contribution in [0.2, 0.25) is 5.02 Å². The van der Waals surface area contributed by atoms with Crippen LogP contribution in [0.3, 0.4) is 0 Å². The van der Waals surface area contributed by atoms with E-state index in [9.17, 15) is 4.79 Å². The van der Waals surface area contributed by atoms with Crippen molar-refractivity contribution in [3.05, 3.63) is 94.0 Å². The fourth-order valence-corrected chi connectivity index (χ4v) is 4.81. The molecule has 0 saturated heterocycles. The maximum absolute atomic E-state index is 12.6. The SMILES string of the molecule is CCNC(=O)C[C@@H]1N=C(c2ccc(Cl)cc2)c2cc(OCc3ccc(CN)cc3)ccc2N2C1=NNC2C. The Balaban J connectivity index is 1.56. The molecule has 1 unspecified atom stereocenters. The zero-order valence-corrected chi connectivity index (χ0v) is 22.2. The summed E-state index contributed by atoms with van der Waals surface area (Å²) in [6, 6.07) is 21.2. The van der Waals surface area contributed by atoms with E-state index in [0.717, 1.165) is 33.7 Å². The second-order valence-electron chi connectivity index (χ2n) is 9.29. The van der Waals surface area contributed by atoms with E-state index in [1.807, 2.05) is 80.6 Å². The minimum Gasteiger partial charge on any atom is -0.489 e. The van der Waals surface area contributed by atoms with Gasteiger partial charge < -0.3 is 20.7 Å². The number of halogens is 1. The van der Waals surface area contributed by atoms with Crippen molar-refractivity contribution in [3.63, 3.8) is 0 Å². The first-order valence-corrected chi connectivity index (χ1v) is 13.1. The van der Waals surface area contributed by atoms with E-state index in [-0.39, 0.29) is 18.5 Å². The highest BCUT2D eigenvalue weighted by atomic mass is 35.5. The molecule has 0 spiro atoms. The Labute approximate surface area is 227 Å². The third kappa shape index (κ3) is 5.37. The number of ether oxygens (including phenoxy) is 1. The monoisotopic (exact) mass is 530 g/mol. The van der Waals surface area contributed by atoms with E-state index < -0.39 is 6.04 Å². The molecule has 2 aliphatic rings. The molecule has 5 rings (SSSR count). The third-order valence-corrected chi connectivity index (χ3v) is 6.85. The van der Waals surface area contributed by atoms with Crippen LogP contribution in [0.25, 0.3) is 0 Å². The highest BCUT2D eigenvalue weighted by Crippen LogP contribution is 2.35. The summed E-state index contributed by atoms with van der Waals surface area (Å²) in [5.74, 6) is 1.35. The summed E-state index contributed by atoms with van der Waals surface area (Å²) in [6.07, 6.45) is 0.0817. The highest BCUT2D eigenvalue weighted by Gasteiger charge is 2.37. The quantitative estimate of drug-likeness (QED) is 0.405. The molecule has 4 N–H and O–H groups in total. The number of nitrogens with two attached hydrogens (primary N) is 1. The van der Waals surface area contributed by atoms with Gasteiger partial charge in [-0.05, 0) is 55.3 Å². The van der Waals surface area contributed by atoms with Gasteiger partial charge >= 0.3 is 0 Å². The van der Waals surface area contributed by atoms with Gasteiger partial charge in [-0.25, -0.2) is 0 Å². The molecule has 0 radical (unpaired) electrons. The van der Waals surface area contributed by atoms with Crippen LogP contribution in [-0.2, 0) is 17.9 Å². The maximum Gasteiger partial charge on any atom is 0.222 e. The molecular weight excluding hydrogens is 500 g/mol. The van der Waals surface area contributed by atoms with Crippen LogP contribution < -0.4 is 26.1 Å². The van der Waals surface area contributed by atoms with E-state index in [4.69, 9.17) is 27.1 Å². The predicted molar refractivity (Wildman–Crippen MR) is 152 cm³/mol. The first-order chi connectivity index (χ1) is 18.5. The summed E-state index contributed by atoms with van der Waals surface area (Å²) in [5.41, 5.74) is 14.5. The second-order valence-corrected chi connectivity index (χ2v) is 9.73. The topological polar surface area (TPSA) is 104 Å². The number of carbonyl (C=O) groups is 1. The van der Waals surface area contributed by atoms with E-state index in [1.165, 1.54) is 0 Å². The Morgan fingerprint density at radius 1 is 1.11 bits per heavy atom. The first-order valence-electron chi connectivity index (χ1n) is 12.7. The van der Waals surface area contributed by atoms with Crippen molar-refractivity contribution in [1.82, 2.24) is 10.7 Å². The zero-order chi connectivity index (χ0) is 26.6. The molecule has 2 aliphatic heterocycles. The number of aliphatic imine (C=N–C) groups is 1. The average Bonchev–Trinajstić information content (AvgIpc) is 3.25. The largest absolute Gasteiger partial charge is 0.489 e. The van der Waals surface area contributed by atoms with Crippen LogP contribution in [-0.4, -0.2) is 36.2 Å². The van der Waals surface area contributed by atoms with E-state index in [0.29, 0.717) is 36.3 Å². The summed E-state index contributed by atoms with van der Waals surface area (Å²) in [4.78, 5) is 19.9. The Morgan fingerprint density at radius 2 is 1.84 bits per heavy atom. The molecule has 2 atom stereocenters. The van der Waals surface area contributed by atoms with Gasteiger partial charge in [0.1, 0.15) is 24.6 Å². The normalized spacial score (nSPS) is 17.9. The van der Waals surface area contributed by atoms with Crippen molar-refractivity contribution < 1.29 is 9.53 Å². The number of nitrogens with one attached hydrogen (secondary N) is 2. The number of anilines is 1. The van der Waals surface area contributed by atoms with E-state index in [2.05, 4.69) is 20.7 Å². The number of fused-ring (bicyclic) bond motifs is 3. The number of amidine groups is 1. The standard InChI is InChI=1S/C29H31ClN6O2/c1-3-32-27(37)15-25-29-35-34-18(2)36(29)26-13-12-23(38-17-20-6-4-19(16-31)5-7-20)14-24(26)28(33-25)21-8-10-22(30)11-9-21/h4-14,18,25,34H,3,15-17,31H2,1-2H3,(H,32,37)/t18?,25-/m0/s1. The Morgan fingerprint density at radius 3 is 2.55 bits per heavy atom. The molecule has 0 bridgehead atoms. The third-order valence-electron chi connectivity index (χ3n) is 6.60. The molecule has 3 aromatic carbocycles. The molecule has 196 valence electrons. The number of amides is 1. The molecule has 9 heteroatoms. The highest BCUT2D eigenvalue weighted by molar-refractivity contribution is 6.31. The smallest absolute Gasteiger partial charge is 0.222 e. The molecule has 8 nitrogen and oxygen atoms in total. The zero-order valence-electron chi connectivity index (χ0n) is 21.4. The number of benzene rings is 3. The predicted octanol–water partition coefficient (Wildman–Crippen LogP) is 4.19. The van der Waals surface area contributed by atoms with Crippen molar-refractivity contribution in [2.24, 2.45) is 15.8 Å². The van der Waals surface area contributed by atoms with Crippen LogP contribution in [0.5, 0.6) is 5.75 Å². The number of hydrogen-bond donors (Lipinski definition) is 3. The van der Waals surface area contributed by atoms with Gasteiger partial charge in [0.05, 0.1) is 17.8 Å². The number of hydrogen-bond acceptors (Lipinski definition) is 7. The van der Waals surface area contributed by atoms with E-state index >= 15 is 0 Å². The minimum absolute atomic E-state index is 0.0745. The number of carbonyl (C=O) groups excluding carboxylic acids is 1. The molecule has 38 heavy (non-hydrogen) atoms. The van der Waals surface area contributed by atoms with Gasteiger partial charge in [0.15, 0.2) is 5.84 Å². The fraction of sp³-hybridized carbons (Fsp3) is 0.276. The van der Waals surface area contributed by atoms with Gasteiger partial charge in [0.2, 0.25) is 5.91 Å². The van der Waals surface area contributed by atoms with Gasteiger partial charge in [0, 0.05) is 29.2 Å². The second kappa shape index (κ2) is 11.2. The van der Waals surface area contributed by atoms with Crippen LogP contribution in [0.1, 0.15) is 42.5 Å². The lowest BCUT2D eigenvalue weighted by Gasteiger charge is -2.27. The molecule has 3 aromatic rings. The summed E-state index contributed by atoms with van der Waals surface area (Å²) in [6.45, 7) is 5.42. The van der Waals surface area contributed by atoms with Crippen LogP contribution in [0.15, 0.2) is 76.8 Å². The Kier molecular flexibility index (Phi) is 7.62. The molecule has 0 aliphatic carbocycles. The summed E-state index contributed by atoms with van der Waals surface area (Å²) < 4.78 is 6.20. The lowest BCUT2D eigenvalue weighted by Crippen LogP contribution is -2.43. The lowest BCUT2D eigenvalue weighted by molar-refractivity contribution is -0.121. The van der Waals surface area contributed by atoms with Gasteiger partial charge in [-0.2, -0.15) is 5.10 Å². The van der Waals surface area contributed by atoms with Gasteiger partial charge in [-0.3, -0.25) is 15.2 Å². The van der Waals surface area contributed by atoms with Crippen LogP contribution in [0.4, 0.5) is 5.69 Å². The molecule has 0 fully saturated rings.